The molecule has 0 radical (unpaired) electrons. The topological polar surface area (TPSA) is 58.8 Å². The molecule has 1 saturated carbocycles. The van der Waals surface area contributed by atoms with E-state index in [0.29, 0.717) is 0 Å². The number of hydroxylamine groups is 2. The second kappa shape index (κ2) is 2.08. The average molecular weight is 180 g/mol. The summed E-state index contributed by atoms with van der Waals surface area (Å²) in [4.78, 5) is 22.9. The van der Waals surface area contributed by atoms with Crippen molar-refractivity contribution < 1.29 is 19.9 Å². The van der Waals surface area contributed by atoms with E-state index in [1.807, 2.05) is 12.2 Å². The summed E-state index contributed by atoms with van der Waals surface area (Å²) in [6.07, 6.45) is 4.94. The summed E-state index contributed by atoms with van der Waals surface area (Å²) in [7, 11) is 0. The molecule has 2 fully saturated rings. The molecule has 2 bridgehead atoms. The van der Waals surface area contributed by atoms with Crippen molar-refractivity contribution in [1.29, 1.82) is 0 Å². The van der Waals surface area contributed by atoms with Crippen molar-refractivity contribution in [2.75, 3.05) is 0 Å². The maximum atomic E-state index is 11.4. The molecule has 1 heterocycles. The van der Waals surface area contributed by atoms with Crippen LogP contribution in [0.4, 0.5) is 0 Å². The van der Waals surface area contributed by atoms with E-state index < -0.39 is 5.06 Å². The number of imide groups is 1. The van der Waals surface area contributed by atoms with Crippen LogP contribution in [0.1, 0.15) is 6.42 Å². The molecular formula is C9H10NO3+. The molecule has 3 rings (SSSR count). The Morgan fingerprint density at radius 2 is 1.62 bits per heavy atom. The lowest BCUT2D eigenvalue weighted by atomic mass is 9.85. The fourth-order valence-electron chi connectivity index (χ4n) is 2.97. The van der Waals surface area contributed by atoms with Crippen LogP contribution >= 0.6 is 0 Å². The molecule has 0 aromatic carbocycles. The minimum atomic E-state index is -0.506. The van der Waals surface area contributed by atoms with Gasteiger partial charge in [0.2, 0.25) is 0 Å². The second-order valence-electron chi connectivity index (χ2n) is 4.08. The first-order chi connectivity index (χ1) is 6.20. The number of carbonyl (C=O) groups is 2. The number of amides is 2. The third-order valence-electron chi connectivity index (χ3n) is 3.53. The first-order valence-corrected chi connectivity index (χ1v) is 4.53. The molecule has 1 aliphatic heterocycles. The molecule has 3 aliphatic rings. The predicted molar refractivity (Wildman–Crippen MR) is 40.5 cm³/mol. The summed E-state index contributed by atoms with van der Waals surface area (Å²) in [5.41, 5.74) is 0. The lowest BCUT2D eigenvalue weighted by Crippen LogP contribution is -3.13. The summed E-state index contributed by atoms with van der Waals surface area (Å²) < 4.78 is 0. The highest BCUT2D eigenvalue weighted by Crippen LogP contribution is 2.48. The van der Waals surface area contributed by atoms with E-state index in [4.69, 9.17) is 0 Å². The van der Waals surface area contributed by atoms with Gasteiger partial charge in [-0.3, -0.25) is 0 Å². The quantitative estimate of drug-likeness (QED) is 0.279. The monoisotopic (exact) mass is 180 g/mol. The molecule has 0 spiro atoms. The number of carbonyl (C=O) groups excluding carboxylic acids is 2. The lowest BCUT2D eigenvalue weighted by molar-refractivity contribution is -0.949. The maximum absolute atomic E-state index is 11.4. The third kappa shape index (κ3) is 0.688. The van der Waals surface area contributed by atoms with Crippen molar-refractivity contribution in [1.82, 2.24) is 0 Å². The van der Waals surface area contributed by atoms with Crippen LogP contribution in [0.25, 0.3) is 0 Å². The van der Waals surface area contributed by atoms with Crippen molar-refractivity contribution in [2.24, 2.45) is 23.7 Å². The van der Waals surface area contributed by atoms with Crippen molar-refractivity contribution in [3.05, 3.63) is 12.2 Å². The molecular weight excluding hydrogens is 170 g/mol. The Balaban J connectivity index is 2.08. The fourth-order valence-corrected chi connectivity index (χ4v) is 2.97. The number of hydrogen-bond donors (Lipinski definition) is 2. The van der Waals surface area contributed by atoms with Gasteiger partial charge < -0.3 is 0 Å². The van der Waals surface area contributed by atoms with Gasteiger partial charge >= 0.3 is 11.8 Å². The molecule has 2 amide bonds. The highest BCUT2D eigenvalue weighted by atomic mass is 16.5. The van der Waals surface area contributed by atoms with Crippen molar-refractivity contribution in [3.8, 4) is 0 Å². The van der Waals surface area contributed by atoms with Crippen LogP contribution in [0.15, 0.2) is 12.2 Å². The third-order valence-corrected chi connectivity index (χ3v) is 3.53. The summed E-state index contributed by atoms with van der Waals surface area (Å²) in [6, 6.07) is 0. The SMILES string of the molecule is O=C1C2C3C=CC(C3)C2C(=O)[NH+]1O. The van der Waals surface area contributed by atoms with Gasteiger partial charge in [0, 0.05) is 0 Å². The van der Waals surface area contributed by atoms with E-state index in [0.717, 1.165) is 6.42 Å². The highest BCUT2D eigenvalue weighted by Gasteiger charge is 2.63. The van der Waals surface area contributed by atoms with Gasteiger partial charge in [-0.05, 0) is 18.3 Å². The first-order valence-electron chi connectivity index (χ1n) is 4.53. The number of quaternary nitrogens is 1. The number of fused-ring (bicyclic) bond motifs is 5. The van der Waals surface area contributed by atoms with Gasteiger partial charge in [-0.2, -0.15) is 0 Å². The second-order valence-corrected chi connectivity index (χ2v) is 4.08. The number of hydrogen-bond acceptors (Lipinski definition) is 3. The number of allylic oxidation sites excluding steroid dienone is 2. The maximum Gasteiger partial charge on any atom is 0.356 e. The molecule has 4 nitrogen and oxygen atoms in total. The van der Waals surface area contributed by atoms with Crippen molar-refractivity contribution >= 4 is 11.8 Å². The molecule has 2 aliphatic carbocycles. The van der Waals surface area contributed by atoms with Gasteiger partial charge in [-0.15, -0.1) is 0 Å². The number of nitrogens with one attached hydrogen (secondary N) is 1. The Hall–Kier alpha value is -1.00. The zero-order valence-electron chi connectivity index (χ0n) is 6.93. The molecule has 0 aromatic heterocycles. The van der Waals surface area contributed by atoms with Gasteiger partial charge in [0.1, 0.15) is 11.8 Å². The van der Waals surface area contributed by atoms with E-state index in [2.05, 4.69) is 0 Å². The molecule has 0 aromatic rings. The largest absolute Gasteiger partial charge is 0.356 e. The summed E-state index contributed by atoms with van der Waals surface area (Å²) in [5.74, 6) is -0.712. The normalized spacial score (nSPS) is 51.9. The van der Waals surface area contributed by atoms with E-state index in [1.54, 1.807) is 0 Å². The fraction of sp³-hybridized carbons (Fsp3) is 0.556. The van der Waals surface area contributed by atoms with Crippen molar-refractivity contribution in [2.45, 2.75) is 6.42 Å². The lowest BCUT2D eigenvalue weighted by Gasteiger charge is -2.10. The zero-order valence-corrected chi connectivity index (χ0v) is 6.93. The summed E-state index contributed by atoms with van der Waals surface area (Å²) in [5, 5.41) is 8.72. The molecule has 4 unspecified atom stereocenters. The number of rotatable bonds is 0. The molecule has 13 heavy (non-hydrogen) atoms. The minimum Gasteiger partial charge on any atom is -0.227 e. The van der Waals surface area contributed by atoms with Gasteiger partial charge in [0.05, 0.1) is 0 Å². The van der Waals surface area contributed by atoms with Crippen LogP contribution in [0.3, 0.4) is 0 Å². The summed E-state index contributed by atoms with van der Waals surface area (Å²) >= 11 is 0. The van der Waals surface area contributed by atoms with E-state index in [-0.39, 0.29) is 35.5 Å². The van der Waals surface area contributed by atoms with Gasteiger partial charge in [-0.25, -0.2) is 14.8 Å². The van der Waals surface area contributed by atoms with Crippen LogP contribution in [-0.2, 0) is 9.59 Å². The summed E-state index contributed by atoms with van der Waals surface area (Å²) in [6.45, 7) is 0. The Morgan fingerprint density at radius 1 is 1.15 bits per heavy atom. The minimum absolute atomic E-state index is 0.205. The van der Waals surface area contributed by atoms with Crippen LogP contribution in [0, 0.1) is 23.7 Å². The Bertz CT molecular complexity index is 306. The Morgan fingerprint density at radius 3 is 2.08 bits per heavy atom. The van der Waals surface area contributed by atoms with E-state index >= 15 is 0 Å². The Labute approximate surface area is 74.8 Å². The van der Waals surface area contributed by atoms with Gasteiger partial charge in [0.15, 0.2) is 0 Å². The van der Waals surface area contributed by atoms with Crippen LogP contribution in [0.2, 0.25) is 0 Å². The van der Waals surface area contributed by atoms with Crippen LogP contribution in [0.5, 0.6) is 0 Å². The van der Waals surface area contributed by atoms with E-state index in [1.165, 1.54) is 0 Å². The molecule has 68 valence electrons. The van der Waals surface area contributed by atoms with E-state index in [9.17, 15) is 14.8 Å². The molecule has 4 heteroatoms. The first kappa shape index (κ1) is 7.41. The highest BCUT2D eigenvalue weighted by molar-refractivity contribution is 5.93. The van der Waals surface area contributed by atoms with Gasteiger partial charge in [-0.1, -0.05) is 17.2 Å². The van der Waals surface area contributed by atoms with Crippen LogP contribution in [-0.4, -0.2) is 17.0 Å². The smallest absolute Gasteiger partial charge is 0.227 e. The predicted octanol–water partition coefficient (Wildman–Crippen LogP) is -1.23. The van der Waals surface area contributed by atoms with Crippen LogP contribution < -0.4 is 5.06 Å². The standard InChI is InChI=1S/C9H9NO3/c11-8-6-4-1-2-5(3-4)7(6)9(12)10(8)13/h1-2,4-7,13H,3H2/p+1. The zero-order chi connectivity index (χ0) is 9.16. The Kier molecular flexibility index (Phi) is 1.18. The molecule has 4 atom stereocenters. The van der Waals surface area contributed by atoms with Crippen molar-refractivity contribution in [3.63, 3.8) is 0 Å². The molecule has 1 saturated heterocycles. The van der Waals surface area contributed by atoms with Gasteiger partial charge in [0.25, 0.3) is 0 Å². The average Bonchev–Trinajstić information content (AvgIpc) is 2.76. The molecule has 2 N–H and O–H groups in total.